The zero-order valence-electron chi connectivity index (χ0n) is 14.9. The highest BCUT2D eigenvalue weighted by Gasteiger charge is 2.14. The van der Waals surface area contributed by atoms with Gasteiger partial charge in [0.1, 0.15) is 23.3 Å². The maximum atomic E-state index is 13.9. The van der Waals surface area contributed by atoms with E-state index in [1.165, 1.54) is 24.3 Å². The Bertz CT molecular complexity index is 911. The van der Waals surface area contributed by atoms with Gasteiger partial charge < -0.3 is 21.3 Å². The lowest BCUT2D eigenvalue weighted by Gasteiger charge is -2.11. The molecule has 2 aromatic rings. The van der Waals surface area contributed by atoms with Crippen LogP contribution in [0.15, 0.2) is 46.4 Å². The second kappa shape index (κ2) is 7.63. The van der Waals surface area contributed by atoms with Crippen LogP contribution in [0.25, 0.3) is 0 Å². The average Bonchev–Trinajstić information content (AvgIpc) is 3.35. The van der Waals surface area contributed by atoms with Crippen molar-refractivity contribution in [3.8, 4) is 0 Å². The Hall–Kier alpha value is -3.49. The summed E-state index contributed by atoms with van der Waals surface area (Å²) in [5, 5.41) is 11.2. The van der Waals surface area contributed by atoms with E-state index in [-0.39, 0.29) is 11.4 Å². The molecule has 2 aliphatic heterocycles. The number of hydrogen-bond donors (Lipinski definition) is 4. The molecule has 0 bridgehead atoms. The molecule has 4 N–H and O–H groups in total. The standard InChI is InChI=1S/C19H18F2N6O/c20-13-5-11(17-22-1-2-23-17)7-15(9-13)26-19(28)27-16-8-12(6-14(21)10-16)18-24-3-4-25-18/h5-10H,1-4H2,(H,22,23)(H,24,25)(H2,26,27,28). The number of amides is 2. The molecule has 2 aromatic carbocycles. The number of urea groups is 1. The highest BCUT2D eigenvalue weighted by Crippen LogP contribution is 2.18. The maximum absolute atomic E-state index is 13.9. The van der Waals surface area contributed by atoms with Gasteiger partial charge in [-0.1, -0.05) is 0 Å². The Balaban J connectivity index is 1.49. The molecule has 0 aliphatic carbocycles. The van der Waals surface area contributed by atoms with Crippen LogP contribution < -0.4 is 21.3 Å². The van der Waals surface area contributed by atoms with Gasteiger partial charge in [-0.2, -0.15) is 0 Å². The van der Waals surface area contributed by atoms with Crippen molar-refractivity contribution >= 4 is 29.1 Å². The molecule has 0 saturated carbocycles. The van der Waals surface area contributed by atoms with Crippen LogP contribution >= 0.6 is 0 Å². The van der Waals surface area contributed by atoms with Crippen LogP contribution in [0.2, 0.25) is 0 Å². The Kier molecular flexibility index (Phi) is 4.88. The van der Waals surface area contributed by atoms with E-state index in [1.807, 2.05) is 0 Å². The summed E-state index contributed by atoms with van der Waals surface area (Å²) in [5.74, 6) is 0.176. The molecule has 0 atom stereocenters. The van der Waals surface area contributed by atoms with E-state index in [1.54, 1.807) is 12.1 Å². The first kappa shape index (κ1) is 17.9. The molecule has 2 amide bonds. The first-order chi connectivity index (χ1) is 13.6. The lowest BCUT2D eigenvalue weighted by molar-refractivity contribution is 0.262. The predicted octanol–water partition coefficient (Wildman–Crippen LogP) is 2.31. The van der Waals surface area contributed by atoms with E-state index in [4.69, 9.17) is 0 Å². The molecule has 0 spiro atoms. The second-order valence-electron chi connectivity index (χ2n) is 6.35. The van der Waals surface area contributed by atoms with Gasteiger partial charge in [0.25, 0.3) is 0 Å². The van der Waals surface area contributed by atoms with Crippen molar-refractivity contribution in [2.24, 2.45) is 9.98 Å². The fourth-order valence-electron chi connectivity index (χ4n) is 3.07. The summed E-state index contributed by atoms with van der Waals surface area (Å²) < 4.78 is 27.8. The molecule has 144 valence electrons. The summed E-state index contributed by atoms with van der Waals surface area (Å²) in [6.07, 6.45) is 0. The summed E-state index contributed by atoms with van der Waals surface area (Å²) in [4.78, 5) is 20.8. The molecule has 9 heteroatoms. The van der Waals surface area contributed by atoms with Crippen molar-refractivity contribution in [3.63, 3.8) is 0 Å². The van der Waals surface area contributed by atoms with Crippen LogP contribution in [-0.2, 0) is 0 Å². The number of amidine groups is 2. The lowest BCUT2D eigenvalue weighted by atomic mass is 10.1. The van der Waals surface area contributed by atoms with Gasteiger partial charge in [0.15, 0.2) is 0 Å². The summed E-state index contributed by atoms with van der Waals surface area (Å²) in [6.45, 7) is 2.63. The van der Waals surface area contributed by atoms with Crippen LogP contribution in [0.4, 0.5) is 25.0 Å². The summed E-state index contributed by atoms with van der Waals surface area (Å²) >= 11 is 0. The van der Waals surface area contributed by atoms with Gasteiger partial charge in [-0.05, 0) is 36.4 Å². The number of nitrogens with zero attached hydrogens (tertiary/aromatic N) is 2. The number of hydrogen-bond acceptors (Lipinski definition) is 5. The van der Waals surface area contributed by atoms with Gasteiger partial charge in [0.05, 0.1) is 13.1 Å². The third-order valence-corrected chi connectivity index (χ3v) is 4.21. The van der Waals surface area contributed by atoms with Crippen molar-refractivity contribution in [2.45, 2.75) is 0 Å². The molecule has 2 heterocycles. The molecular weight excluding hydrogens is 366 g/mol. The first-order valence-corrected chi connectivity index (χ1v) is 8.83. The third kappa shape index (κ3) is 4.08. The van der Waals surface area contributed by atoms with Gasteiger partial charge in [-0.3, -0.25) is 9.98 Å². The van der Waals surface area contributed by atoms with Crippen LogP contribution in [0.3, 0.4) is 0 Å². The molecule has 4 rings (SSSR count). The van der Waals surface area contributed by atoms with Gasteiger partial charge in [0.2, 0.25) is 0 Å². The number of rotatable bonds is 4. The zero-order chi connectivity index (χ0) is 19.5. The Labute approximate surface area is 160 Å². The van der Waals surface area contributed by atoms with E-state index in [0.29, 0.717) is 49.0 Å². The molecule has 0 unspecified atom stereocenters. The predicted molar refractivity (Wildman–Crippen MR) is 104 cm³/mol. The van der Waals surface area contributed by atoms with Crippen molar-refractivity contribution in [1.29, 1.82) is 0 Å². The largest absolute Gasteiger partial charge is 0.368 e. The summed E-state index contributed by atoms with van der Waals surface area (Å²) in [6, 6.07) is 7.71. The van der Waals surface area contributed by atoms with Crippen molar-refractivity contribution in [1.82, 2.24) is 10.6 Å². The first-order valence-electron chi connectivity index (χ1n) is 8.83. The van der Waals surface area contributed by atoms with Gasteiger partial charge >= 0.3 is 6.03 Å². The molecule has 7 nitrogen and oxygen atoms in total. The molecule has 0 fully saturated rings. The number of aliphatic imine (C=N–C) groups is 2. The molecule has 2 aliphatic rings. The molecule has 0 radical (unpaired) electrons. The van der Waals surface area contributed by atoms with E-state index in [0.717, 1.165) is 0 Å². The van der Waals surface area contributed by atoms with Crippen molar-refractivity contribution in [2.75, 3.05) is 36.8 Å². The summed E-state index contributed by atoms with van der Waals surface area (Å²) in [5.41, 5.74) is 1.63. The normalized spacial score (nSPS) is 15.4. The SMILES string of the molecule is O=C(Nc1cc(F)cc(C2=NCCN2)c1)Nc1cc(F)cc(C2=NCCN2)c1. The van der Waals surface area contributed by atoms with Crippen LogP contribution in [0, 0.1) is 11.6 Å². The Morgan fingerprint density at radius 1 is 0.786 bits per heavy atom. The quantitative estimate of drug-likeness (QED) is 0.652. The second-order valence-corrected chi connectivity index (χ2v) is 6.35. The van der Waals surface area contributed by atoms with Gasteiger partial charge in [-0.25, -0.2) is 13.6 Å². The minimum absolute atomic E-state index is 0.266. The highest BCUT2D eigenvalue weighted by molar-refractivity contribution is 6.04. The fraction of sp³-hybridized carbons (Fsp3) is 0.211. The van der Waals surface area contributed by atoms with E-state index >= 15 is 0 Å². The maximum Gasteiger partial charge on any atom is 0.323 e. The average molecular weight is 384 g/mol. The molecule has 0 aromatic heterocycles. The van der Waals surface area contributed by atoms with Crippen LogP contribution in [0.1, 0.15) is 11.1 Å². The zero-order valence-corrected chi connectivity index (χ0v) is 14.9. The minimum Gasteiger partial charge on any atom is -0.368 e. The molecule has 28 heavy (non-hydrogen) atoms. The minimum atomic E-state index is -0.615. The Morgan fingerprint density at radius 3 is 1.64 bits per heavy atom. The number of anilines is 2. The smallest absolute Gasteiger partial charge is 0.323 e. The molecular formula is C19H18F2N6O. The number of nitrogens with one attached hydrogen (secondary N) is 4. The highest BCUT2D eigenvalue weighted by atomic mass is 19.1. The Morgan fingerprint density at radius 2 is 1.25 bits per heavy atom. The molecule has 0 saturated heterocycles. The monoisotopic (exact) mass is 384 g/mol. The van der Waals surface area contributed by atoms with E-state index < -0.39 is 17.7 Å². The van der Waals surface area contributed by atoms with Crippen LogP contribution in [0.5, 0.6) is 0 Å². The van der Waals surface area contributed by atoms with Crippen molar-refractivity contribution in [3.05, 3.63) is 59.2 Å². The van der Waals surface area contributed by atoms with Gasteiger partial charge in [0, 0.05) is 35.6 Å². The van der Waals surface area contributed by atoms with E-state index in [9.17, 15) is 13.6 Å². The lowest BCUT2D eigenvalue weighted by Crippen LogP contribution is -2.23. The topological polar surface area (TPSA) is 89.9 Å². The van der Waals surface area contributed by atoms with Gasteiger partial charge in [-0.15, -0.1) is 0 Å². The third-order valence-electron chi connectivity index (χ3n) is 4.21. The number of benzene rings is 2. The fourth-order valence-corrected chi connectivity index (χ4v) is 3.07. The number of carbonyl (C=O) groups excluding carboxylic acids is 1. The number of carbonyl (C=O) groups is 1. The van der Waals surface area contributed by atoms with Crippen molar-refractivity contribution < 1.29 is 13.6 Å². The van der Waals surface area contributed by atoms with E-state index in [2.05, 4.69) is 31.3 Å². The number of halogens is 2. The van der Waals surface area contributed by atoms with Crippen LogP contribution in [-0.4, -0.2) is 43.9 Å². The summed E-state index contributed by atoms with van der Waals surface area (Å²) in [7, 11) is 0.